The van der Waals surface area contributed by atoms with Gasteiger partial charge in [-0.05, 0) is 20.8 Å². The predicted octanol–water partition coefficient (Wildman–Crippen LogP) is 1.15. The zero-order valence-electron chi connectivity index (χ0n) is 10.3. The largest absolute Gasteiger partial charge is 0.480 e. The van der Waals surface area contributed by atoms with Crippen LogP contribution in [0.5, 0.6) is 0 Å². The van der Waals surface area contributed by atoms with Crippen LogP contribution in [-0.4, -0.2) is 45.4 Å². The molecule has 0 aliphatic heterocycles. The SMILES string of the molecule is CC(=O)N(C(=O)OC(C)(C)C)[C@@H](CS)C(=O)O. The molecule has 2 amide bonds. The monoisotopic (exact) mass is 263 g/mol. The third kappa shape index (κ3) is 5.08. The molecule has 0 unspecified atom stereocenters. The minimum absolute atomic E-state index is 0.172. The number of imide groups is 1. The van der Waals surface area contributed by atoms with E-state index >= 15 is 0 Å². The summed E-state index contributed by atoms with van der Waals surface area (Å²) in [5.74, 6) is -2.17. The first-order valence-electron chi connectivity index (χ1n) is 4.96. The molecule has 1 N–H and O–H groups in total. The van der Waals surface area contributed by atoms with Gasteiger partial charge < -0.3 is 9.84 Å². The van der Waals surface area contributed by atoms with Crippen LogP contribution in [-0.2, 0) is 14.3 Å². The lowest BCUT2D eigenvalue weighted by Gasteiger charge is -2.28. The van der Waals surface area contributed by atoms with Gasteiger partial charge in [-0.1, -0.05) is 0 Å². The molecule has 0 aromatic heterocycles. The molecule has 0 bridgehead atoms. The quantitative estimate of drug-likeness (QED) is 0.746. The Bertz CT molecular complexity index is 323. The second-order valence-corrected chi connectivity index (χ2v) is 4.77. The zero-order chi connectivity index (χ0) is 13.8. The first-order valence-corrected chi connectivity index (χ1v) is 5.60. The van der Waals surface area contributed by atoms with Crippen LogP contribution in [0.15, 0.2) is 0 Å². The molecule has 7 heteroatoms. The standard InChI is InChI=1S/C10H17NO5S/c1-6(12)11(7(5-17)8(13)14)9(15)16-10(2,3)4/h7,17H,5H2,1-4H3,(H,13,14)/t7-/m0/s1. The molecule has 0 aromatic rings. The minimum atomic E-state index is -1.33. The van der Waals surface area contributed by atoms with E-state index in [0.29, 0.717) is 4.90 Å². The highest BCUT2D eigenvalue weighted by Crippen LogP contribution is 2.13. The van der Waals surface area contributed by atoms with Crippen molar-refractivity contribution in [2.45, 2.75) is 39.3 Å². The Balaban J connectivity index is 5.04. The van der Waals surface area contributed by atoms with Crippen LogP contribution in [0, 0.1) is 0 Å². The van der Waals surface area contributed by atoms with Crippen molar-refractivity contribution >= 4 is 30.6 Å². The van der Waals surface area contributed by atoms with Crippen molar-refractivity contribution in [3.63, 3.8) is 0 Å². The van der Waals surface area contributed by atoms with Gasteiger partial charge in [0.15, 0.2) is 0 Å². The van der Waals surface area contributed by atoms with E-state index in [1.54, 1.807) is 20.8 Å². The number of hydrogen-bond acceptors (Lipinski definition) is 5. The van der Waals surface area contributed by atoms with Gasteiger partial charge in [0.1, 0.15) is 11.6 Å². The Kier molecular flexibility index (Phi) is 5.47. The van der Waals surface area contributed by atoms with Crippen molar-refractivity contribution in [1.82, 2.24) is 4.90 Å². The van der Waals surface area contributed by atoms with E-state index in [2.05, 4.69) is 12.6 Å². The first-order chi connectivity index (χ1) is 7.60. The lowest BCUT2D eigenvalue weighted by molar-refractivity contribution is -0.147. The maximum Gasteiger partial charge on any atom is 0.417 e. The summed E-state index contributed by atoms with van der Waals surface area (Å²) in [7, 11) is 0. The topological polar surface area (TPSA) is 83.9 Å². The van der Waals surface area contributed by atoms with Gasteiger partial charge in [0.25, 0.3) is 0 Å². The van der Waals surface area contributed by atoms with E-state index in [9.17, 15) is 14.4 Å². The van der Waals surface area contributed by atoms with Crippen LogP contribution in [0.25, 0.3) is 0 Å². The highest BCUT2D eigenvalue weighted by Gasteiger charge is 2.34. The fraction of sp³-hybridized carbons (Fsp3) is 0.700. The molecule has 0 aromatic carbocycles. The van der Waals surface area contributed by atoms with Gasteiger partial charge in [0, 0.05) is 12.7 Å². The van der Waals surface area contributed by atoms with Gasteiger partial charge in [-0.25, -0.2) is 14.5 Å². The maximum atomic E-state index is 11.7. The van der Waals surface area contributed by atoms with Crippen molar-refractivity contribution < 1.29 is 24.2 Å². The summed E-state index contributed by atoms with van der Waals surface area (Å²) in [6.45, 7) is 5.97. The smallest absolute Gasteiger partial charge is 0.417 e. The molecule has 0 heterocycles. The van der Waals surface area contributed by atoms with Crippen molar-refractivity contribution in [1.29, 1.82) is 0 Å². The molecular formula is C10H17NO5S. The predicted molar refractivity (Wildman–Crippen MR) is 64.0 cm³/mol. The normalized spacial score (nSPS) is 12.8. The third-order valence-corrected chi connectivity index (χ3v) is 2.04. The van der Waals surface area contributed by atoms with Crippen LogP contribution in [0.3, 0.4) is 0 Å². The Morgan fingerprint density at radius 2 is 1.82 bits per heavy atom. The molecule has 1 atom stereocenters. The summed E-state index contributed by atoms with van der Waals surface area (Å²) in [6, 6.07) is -1.33. The van der Waals surface area contributed by atoms with E-state index in [0.717, 1.165) is 6.92 Å². The summed E-state index contributed by atoms with van der Waals surface area (Å²) >= 11 is 3.81. The highest BCUT2D eigenvalue weighted by atomic mass is 32.1. The number of nitrogens with zero attached hydrogens (tertiary/aromatic N) is 1. The first kappa shape index (κ1) is 15.8. The van der Waals surface area contributed by atoms with E-state index in [1.165, 1.54) is 0 Å². The number of carbonyl (C=O) groups excluding carboxylic acids is 2. The van der Waals surface area contributed by atoms with Crippen LogP contribution in [0.1, 0.15) is 27.7 Å². The summed E-state index contributed by atoms with van der Waals surface area (Å²) in [6.07, 6.45) is -0.980. The second kappa shape index (κ2) is 5.90. The van der Waals surface area contributed by atoms with Gasteiger partial charge in [-0.2, -0.15) is 12.6 Å². The Morgan fingerprint density at radius 3 is 2.06 bits per heavy atom. The molecule has 0 spiro atoms. The van der Waals surface area contributed by atoms with E-state index in [4.69, 9.17) is 9.84 Å². The van der Waals surface area contributed by atoms with E-state index in [-0.39, 0.29) is 5.75 Å². The van der Waals surface area contributed by atoms with Gasteiger partial charge in [-0.15, -0.1) is 0 Å². The van der Waals surface area contributed by atoms with Crippen LogP contribution >= 0.6 is 12.6 Å². The lowest BCUT2D eigenvalue weighted by Crippen LogP contribution is -2.50. The van der Waals surface area contributed by atoms with Crippen molar-refractivity contribution in [2.24, 2.45) is 0 Å². The number of hydrogen-bond donors (Lipinski definition) is 2. The molecule has 0 aliphatic carbocycles. The van der Waals surface area contributed by atoms with Crippen LogP contribution < -0.4 is 0 Å². The molecule has 17 heavy (non-hydrogen) atoms. The highest BCUT2D eigenvalue weighted by molar-refractivity contribution is 7.80. The molecule has 0 rings (SSSR count). The fourth-order valence-corrected chi connectivity index (χ4v) is 1.38. The number of carbonyl (C=O) groups is 3. The van der Waals surface area contributed by atoms with Gasteiger partial charge in [0.05, 0.1) is 0 Å². The molecule has 0 aliphatic rings. The Morgan fingerprint density at radius 1 is 1.35 bits per heavy atom. The molecular weight excluding hydrogens is 246 g/mol. The molecule has 0 radical (unpaired) electrons. The Labute approximate surface area is 105 Å². The molecule has 0 saturated carbocycles. The number of rotatable bonds is 3. The van der Waals surface area contributed by atoms with Crippen LogP contribution in [0.2, 0.25) is 0 Å². The van der Waals surface area contributed by atoms with Gasteiger partial charge in [0.2, 0.25) is 5.91 Å². The van der Waals surface area contributed by atoms with E-state index in [1.807, 2.05) is 0 Å². The number of carboxylic acids is 1. The number of carboxylic acid groups (broad SMARTS) is 1. The molecule has 0 fully saturated rings. The molecule has 98 valence electrons. The summed E-state index contributed by atoms with van der Waals surface area (Å²) in [4.78, 5) is 34.4. The second-order valence-electron chi connectivity index (χ2n) is 4.41. The summed E-state index contributed by atoms with van der Waals surface area (Å²) in [5.41, 5.74) is -0.801. The number of amides is 2. The number of aliphatic carboxylic acids is 1. The third-order valence-electron chi connectivity index (χ3n) is 1.70. The van der Waals surface area contributed by atoms with Gasteiger partial charge >= 0.3 is 12.1 Å². The zero-order valence-corrected chi connectivity index (χ0v) is 11.2. The average Bonchev–Trinajstić information content (AvgIpc) is 2.08. The van der Waals surface area contributed by atoms with Crippen molar-refractivity contribution in [3.8, 4) is 0 Å². The minimum Gasteiger partial charge on any atom is -0.480 e. The lowest BCUT2D eigenvalue weighted by atomic mass is 10.2. The number of thiol groups is 1. The fourth-order valence-electron chi connectivity index (χ4n) is 1.06. The maximum absolute atomic E-state index is 11.7. The van der Waals surface area contributed by atoms with Crippen LogP contribution in [0.4, 0.5) is 4.79 Å². The van der Waals surface area contributed by atoms with Crippen molar-refractivity contribution in [3.05, 3.63) is 0 Å². The Hall–Kier alpha value is -1.24. The van der Waals surface area contributed by atoms with Crippen molar-refractivity contribution in [2.75, 3.05) is 5.75 Å². The average molecular weight is 263 g/mol. The van der Waals surface area contributed by atoms with Gasteiger partial charge in [-0.3, -0.25) is 4.79 Å². The summed E-state index contributed by atoms with van der Waals surface area (Å²) < 4.78 is 4.96. The molecule has 0 saturated heterocycles. The van der Waals surface area contributed by atoms with E-state index < -0.39 is 29.6 Å². The number of ether oxygens (including phenoxy) is 1. The molecule has 6 nitrogen and oxygen atoms in total. The summed E-state index contributed by atoms with van der Waals surface area (Å²) in [5, 5.41) is 8.89.